The molecule has 0 spiro atoms. The van der Waals surface area contributed by atoms with Crippen molar-refractivity contribution < 1.29 is 17.9 Å². The van der Waals surface area contributed by atoms with Crippen LogP contribution in [0.15, 0.2) is 83.8 Å². The van der Waals surface area contributed by atoms with E-state index in [9.17, 15) is 13.2 Å². The lowest BCUT2D eigenvalue weighted by molar-refractivity contribution is 0.0752. The fourth-order valence-electron chi connectivity index (χ4n) is 4.04. The van der Waals surface area contributed by atoms with Crippen LogP contribution in [0.5, 0.6) is 5.75 Å². The molecule has 0 aliphatic heterocycles. The molecule has 37 heavy (non-hydrogen) atoms. The zero-order valence-corrected chi connectivity index (χ0v) is 20.6. The molecule has 2 heterocycles. The molecule has 0 aliphatic rings. The van der Waals surface area contributed by atoms with Crippen molar-refractivity contribution >= 4 is 38.0 Å². The Hall–Kier alpha value is -4.75. The maximum absolute atomic E-state index is 13.8. The molecule has 184 valence electrons. The molecule has 10 heteroatoms. The first-order chi connectivity index (χ1) is 17.9. The van der Waals surface area contributed by atoms with Crippen molar-refractivity contribution in [3.05, 3.63) is 90.3 Å². The van der Waals surface area contributed by atoms with Crippen LogP contribution in [0.2, 0.25) is 0 Å². The molecule has 0 radical (unpaired) electrons. The number of methoxy groups -OCH3 is 1. The van der Waals surface area contributed by atoms with Crippen molar-refractivity contribution in [3.63, 3.8) is 0 Å². The lowest BCUT2D eigenvalue weighted by Gasteiger charge is -2.19. The molecule has 0 N–H and O–H groups in total. The quantitative estimate of drug-likeness (QED) is 0.308. The number of rotatable bonds is 7. The zero-order valence-electron chi connectivity index (χ0n) is 19.8. The number of hydrogen-bond donors (Lipinski definition) is 0. The molecule has 0 bridgehead atoms. The summed E-state index contributed by atoms with van der Waals surface area (Å²) in [7, 11) is -2.62. The number of nitrogens with zero attached hydrogens (tertiary/aromatic N) is 5. The summed E-state index contributed by atoms with van der Waals surface area (Å²) in [6.45, 7) is 0.251. The Morgan fingerprint density at radius 1 is 1.00 bits per heavy atom. The standard InChI is InChI=1S/C27H21N5O4S/c1-3-17-31(18-19-9-5-4-6-10-19)27(33)25-28-26-24(29-30-25)22-11-7-8-12-23(22)32(26)37(34,35)21-15-13-20(36-2)14-16-21/h1,4-16H,17-18H2,2H3. The van der Waals surface area contributed by atoms with E-state index in [1.165, 1.54) is 24.1 Å². The number of fused-ring (bicyclic) bond motifs is 3. The fraction of sp³-hybridized carbons (Fsp3) is 0.111. The third-order valence-corrected chi connectivity index (χ3v) is 7.53. The van der Waals surface area contributed by atoms with Gasteiger partial charge in [-0.3, -0.25) is 4.79 Å². The summed E-state index contributed by atoms with van der Waals surface area (Å²) in [5.74, 6) is 2.18. The highest BCUT2D eigenvalue weighted by atomic mass is 32.2. The average Bonchev–Trinajstić information content (AvgIpc) is 3.27. The summed E-state index contributed by atoms with van der Waals surface area (Å²) < 4.78 is 33.8. The number of hydrogen-bond acceptors (Lipinski definition) is 7. The van der Waals surface area contributed by atoms with Gasteiger partial charge < -0.3 is 9.64 Å². The first-order valence-electron chi connectivity index (χ1n) is 11.2. The molecule has 5 aromatic rings. The predicted octanol–water partition coefficient (Wildman–Crippen LogP) is 3.50. The Kier molecular flexibility index (Phi) is 6.29. The van der Waals surface area contributed by atoms with Crippen molar-refractivity contribution in [2.45, 2.75) is 11.4 Å². The number of benzene rings is 3. The van der Waals surface area contributed by atoms with Gasteiger partial charge in [0.2, 0.25) is 5.82 Å². The summed E-state index contributed by atoms with van der Waals surface area (Å²) in [6.07, 6.45) is 5.51. The normalized spacial score (nSPS) is 11.4. The lowest BCUT2D eigenvalue weighted by Crippen LogP contribution is -2.32. The Labute approximate surface area is 213 Å². The van der Waals surface area contributed by atoms with Gasteiger partial charge in [0.25, 0.3) is 15.9 Å². The molecule has 1 amide bonds. The summed E-state index contributed by atoms with van der Waals surface area (Å²) in [5.41, 5.74) is 1.49. The topological polar surface area (TPSA) is 107 Å². The van der Waals surface area contributed by atoms with E-state index >= 15 is 0 Å². The molecule has 5 rings (SSSR count). The maximum Gasteiger partial charge on any atom is 0.294 e. The van der Waals surface area contributed by atoms with Gasteiger partial charge in [0.1, 0.15) is 11.3 Å². The van der Waals surface area contributed by atoms with E-state index in [1.807, 2.05) is 30.3 Å². The van der Waals surface area contributed by atoms with Gasteiger partial charge in [-0.1, -0.05) is 54.5 Å². The molecule has 0 saturated heterocycles. The molecule has 2 aromatic heterocycles. The Balaban J connectivity index is 1.65. The van der Waals surface area contributed by atoms with Crippen LogP contribution in [0.1, 0.15) is 16.2 Å². The smallest absolute Gasteiger partial charge is 0.294 e. The second-order valence-electron chi connectivity index (χ2n) is 8.12. The molecule has 0 atom stereocenters. The van der Waals surface area contributed by atoms with Crippen LogP contribution in [-0.2, 0) is 16.6 Å². The van der Waals surface area contributed by atoms with Crippen LogP contribution in [0, 0.1) is 12.3 Å². The van der Waals surface area contributed by atoms with E-state index in [1.54, 1.807) is 36.4 Å². The zero-order chi connectivity index (χ0) is 26.0. The van der Waals surface area contributed by atoms with E-state index in [4.69, 9.17) is 11.2 Å². The SMILES string of the molecule is C#CCN(Cc1ccccc1)C(=O)c1nnc2c3ccccc3n(S(=O)(=O)c3ccc(OC)cc3)c2n1. The fourth-order valence-corrected chi connectivity index (χ4v) is 5.50. The number of carbonyl (C=O) groups is 1. The average molecular weight is 512 g/mol. The Bertz CT molecular complexity index is 1760. The molecular formula is C27H21N5O4S. The number of para-hydroxylation sites is 1. The molecule has 0 aliphatic carbocycles. The van der Waals surface area contributed by atoms with Crippen LogP contribution < -0.4 is 4.74 Å². The van der Waals surface area contributed by atoms with Crippen LogP contribution in [-0.4, -0.2) is 52.0 Å². The first kappa shape index (κ1) is 24.0. The molecule has 0 saturated carbocycles. The van der Waals surface area contributed by atoms with E-state index < -0.39 is 15.9 Å². The third-order valence-electron chi connectivity index (χ3n) is 5.81. The first-order valence-corrected chi connectivity index (χ1v) is 12.7. The summed E-state index contributed by atoms with van der Waals surface area (Å²) in [4.78, 5) is 19.2. The number of ether oxygens (including phenoxy) is 1. The summed E-state index contributed by atoms with van der Waals surface area (Å²) in [5, 5.41) is 8.81. The van der Waals surface area contributed by atoms with Crippen LogP contribution in [0.4, 0.5) is 0 Å². The maximum atomic E-state index is 13.8. The third kappa shape index (κ3) is 4.37. The predicted molar refractivity (Wildman–Crippen MR) is 138 cm³/mol. The van der Waals surface area contributed by atoms with Gasteiger partial charge in [0.05, 0.1) is 24.1 Å². The Morgan fingerprint density at radius 3 is 2.41 bits per heavy atom. The second kappa shape index (κ2) is 9.72. The lowest BCUT2D eigenvalue weighted by atomic mass is 10.2. The van der Waals surface area contributed by atoms with Gasteiger partial charge in [-0.25, -0.2) is 17.4 Å². The minimum Gasteiger partial charge on any atom is -0.497 e. The molecule has 3 aromatic carbocycles. The molecule has 0 unspecified atom stereocenters. The van der Waals surface area contributed by atoms with Crippen LogP contribution in [0.3, 0.4) is 0 Å². The van der Waals surface area contributed by atoms with Crippen molar-refractivity contribution in [3.8, 4) is 18.1 Å². The van der Waals surface area contributed by atoms with E-state index in [0.29, 0.717) is 16.7 Å². The minimum absolute atomic E-state index is 0.00395. The van der Waals surface area contributed by atoms with Crippen molar-refractivity contribution in [1.29, 1.82) is 0 Å². The highest BCUT2D eigenvalue weighted by Gasteiger charge is 2.27. The molecule has 9 nitrogen and oxygen atoms in total. The number of amides is 1. The van der Waals surface area contributed by atoms with Crippen LogP contribution >= 0.6 is 0 Å². The van der Waals surface area contributed by atoms with Crippen molar-refractivity contribution in [2.24, 2.45) is 0 Å². The summed E-state index contributed by atoms with van der Waals surface area (Å²) >= 11 is 0. The van der Waals surface area contributed by atoms with Crippen molar-refractivity contribution in [1.82, 2.24) is 24.1 Å². The van der Waals surface area contributed by atoms with Gasteiger partial charge in [-0.15, -0.1) is 16.6 Å². The highest BCUT2D eigenvalue weighted by Crippen LogP contribution is 2.30. The molecular weight excluding hydrogens is 490 g/mol. The van der Waals surface area contributed by atoms with E-state index in [2.05, 4.69) is 21.1 Å². The van der Waals surface area contributed by atoms with Gasteiger partial charge in [-0.05, 0) is 35.9 Å². The monoisotopic (exact) mass is 511 g/mol. The van der Waals surface area contributed by atoms with Gasteiger partial charge in [0, 0.05) is 11.9 Å². The molecule has 0 fully saturated rings. The highest BCUT2D eigenvalue weighted by molar-refractivity contribution is 7.90. The summed E-state index contributed by atoms with van der Waals surface area (Å²) in [6, 6.07) is 22.2. The minimum atomic E-state index is -4.12. The Morgan fingerprint density at radius 2 is 1.70 bits per heavy atom. The van der Waals surface area contributed by atoms with Gasteiger partial charge >= 0.3 is 0 Å². The van der Waals surface area contributed by atoms with Gasteiger partial charge in [-0.2, -0.15) is 0 Å². The number of aromatic nitrogens is 4. The number of carbonyl (C=O) groups excluding carboxylic acids is 1. The van der Waals surface area contributed by atoms with Crippen molar-refractivity contribution in [2.75, 3.05) is 13.7 Å². The van der Waals surface area contributed by atoms with E-state index in [0.717, 1.165) is 9.54 Å². The van der Waals surface area contributed by atoms with Gasteiger partial charge in [0.15, 0.2) is 5.65 Å². The second-order valence-corrected chi connectivity index (χ2v) is 9.91. The largest absolute Gasteiger partial charge is 0.497 e. The van der Waals surface area contributed by atoms with E-state index in [-0.39, 0.29) is 35.0 Å². The number of terminal acetylenes is 1. The van der Waals surface area contributed by atoms with Crippen LogP contribution in [0.25, 0.3) is 22.1 Å².